The highest BCUT2D eigenvalue weighted by molar-refractivity contribution is 7.17. The molecule has 0 bridgehead atoms. The van der Waals surface area contributed by atoms with Crippen LogP contribution in [-0.2, 0) is 6.54 Å². The number of hydrogen-bond donors (Lipinski definition) is 2. The Kier molecular flexibility index (Phi) is 4.16. The van der Waals surface area contributed by atoms with Crippen LogP contribution in [0.5, 0.6) is 0 Å². The summed E-state index contributed by atoms with van der Waals surface area (Å²) in [5.41, 5.74) is 1.74. The first-order valence-electron chi connectivity index (χ1n) is 7.52. The Morgan fingerprint density at radius 3 is 3.04 bits per heavy atom. The van der Waals surface area contributed by atoms with Gasteiger partial charge in [-0.1, -0.05) is 6.07 Å². The van der Waals surface area contributed by atoms with Crippen molar-refractivity contribution in [2.45, 2.75) is 6.54 Å². The van der Waals surface area contributed by atoms with Crippen molar-refractivity contribution in [2.75, 3.05) is 6.54 Å². The van der Waals surface area contributed by atoms with Crippen LogP contribution in [0.2, 0.25) is 0 Å². The van der Waals surface area contributed by atoms with Gasteiger partial charge in [-0.2, -0.15) is 5.10 Å². The van der Waals surface area contributed by atoms with Gasteiger partial charge in [0.05, 0.1) is 22.4 Å². The first-order chi connectivity index (χ1) is 12.2. The zero-order valence-electron chi connectivity index (χ0n) is 12.9. The van der Waals surface area contributed by atoms with Crippen LogP contribution in [0.3, 0.4) is 0 Å². The number of carbonyl (C=O) groups excluding carboxylic acids is 1. The third-order valence-electron chi connectivity index (χ3n) is 3.67. The first kappa shape index (κ1) is 15.7. The van der Waals surface area contributed by atoms with Crippen molar-refractivity contribution >= 4 is 38.8 Å². The third-order valence-corrected chi connectivity index (χ3v) is 5.47. The Bertz CT molecular complexity index is 1080. The monoisotopic (exact) mass is 371 g/mol. The van der Waals surface area contributed by atoms with Gasteiger partial charge < -0.3 is 5.32 Å². The molecule has 4 aromatic heterocycles. The minimum Gasteiger partial charge on any atom is -0.349 e. The van der Waals surface area contributed by atoms with Crippen molar-refractivity contribution in [1.82, 2.24) is 25.1 Å². The number of carbonyl (C=O) groups is 1. The lowest BCUT2D eigenvalue weighted by molar-refractivity contribution is 0.0947. The average molecular weight is 371 g/mol. The van der Waals surface area contributed by atoms with E-state index in [9.17, 15) is 9.59 Å². The molecule has 4 rings (SSSR count). The van der Waals surface area contributed by atoms with E-state index in [1.165, 1.54) is 22.2 Å². The molecule has 1 amide bonds. The summed E-state index contributed by atoms with van der Waals surface area (Å²) in [6, 6.07) is 7.43. The van der Waals surface area contributed by atoms with Gasteiger partial charge in [-0.3, -0.25) is 19.3 Å². The van der Waals surface area contributed by atoms with Gasteiger partial charge in [0, 0.05) is 13.1 Å². The number of rotatable bonds is 5. The molecule has 7 nitrogen and oxygen atoms in total. The molecule has 9 heteroatoms. The minimum absolute atomic E-state index is 0.0889. The van der Waals surface area contributed by atoms with Crippen LogP contribution in [-0.4, -0.2) is 32.2 Å². The maximum absolute atomic E-state index is 12.3. The molecule has 0 unspecified atom stereocenters. The fourth-order valence-corrected chi connectivity index (χ4v) is 3.90. The van der Waals surface area contributed by atoms with Gasteiger partial charge in [-0.15, -0.1) is 22.7 Å². The second kappa shape index (κ2) is 6.61. The normalized spacial score (nSPS) is 11.0. The van der Waals surface area contributed by atoms with Crippen molar-refractivity contribution in [1.29, 1.82) is 0 Å². The van der Waals surface area contributed by atoms with Gasteiger partial charge in [0.1, 0.15) is 4.70 Å². The van der Waals surface area contributed by atoms with Crippen LogP contribution >= 0.6 is 22.7 Å². The van der Waals surface area contributed by atoms with E-state index < -0.39 is 0 Å². The number of nitrogens with zero attached hydrogens (tertiary/aromatic N) is 3. The number of thiophene rings is 2. The Hall–Kier alpha value is -2.78. The van der Waals surface area contributed by atoms with E-state index in [1.807, 2.05) is 29.0 Å². The molecule has 0 aromatic carbocycles. The van der Waals surface area contributed by atoms with E-state index in [4.69, 9.17) is 0 Å². The van der Waals surface area contributed by atoms with Crippen LogP contribution < -0.4 is 10.9 Å². The lowest BCUT2D eigenvalue weighted by atomic mass is 10.3. The van der Waals surface area contributed by atoms with Gasteiger partial charge >= 0.3 is 0 Å². The molecular formula is C16H13N5O2S2. The topological polar surface area (TPSA) is 92.7 Å². The van der Waals surface area contributed by atoms with Crippen molar-refractivity contribution in [2.24, 2.45) is 0 Å². The number of fused-ring (bicyclic) bond motifs is 1. The van der Waals surface area contributed by atoms with E-state index in [2.05, 4.69) is 20.5 Å². The molecule has 0 saturated carbocycles. The van der Waals surface area contributed by atoms with Crippen LogP contribution in [0.1, 0.15) is 10.5 Å². The number of hydrogen-bond acceptors (Lipinski definition) is 6. The van der Waals surface area contributed by atoms with Crippen molar-refractivity contribution < 1.29 is 4.79 Å². The Morgan fingerprint density at radius 2 is 2.20 bits per heavy atom. The average Bonchev–Trinajstić information content (AvgIpc) is 3.37. The summed E-state index contributed by atoms with van der Waals surface area (Å²) >= 11 is 2.94. The van der Waals surface area contributed by atoms with Crippen LogP contribution in [0, 0.1) is 0 Å². The standard InChI is InChI=1S/C16H13N5O2S2/c22-15(12-8-11(19-20-12)13-2-1-6-24-13)17-4-5-21-9-18-10-3-7-25-14(10)16(21)23/h1-3,6-9H,4-5H2,(H,17,22)(H,19,20). The highest BCUT2D eigenvalue weighted by Gasteiger charge is 2.12. The lowest BCUT2D eigenvalue weighted by Crippen LogP contribution is -2.31. The number of aromatic amines is 1. The molecule has 0 radical (unpaired) electrons. The van der Waals surface area contributed by atoms with Gasteiger partial charge in [-0.25, -0.2) is 4.98 Å². The quantitative estimate of drug-likeness (QED) is 0.563. The fourth-order valence-electron chi connectivity index (χ4n) is 2.41. The molecule has 0 atom stereocenters. The highest BCUT2D eigenvalue weighted by atomic mass is 32.1. The predicted molar refractivity (Wildman–Crippen MR) is 98.1 cm³/mol. The maximum Gasteiger partial charge on any atom is 0.271 e. The van der Waals surface area contributed by atoms with Crippen LogP contribution in [0.4, 0.5) is 0 Å². The second-order valence-electron chi connectivity index (χ2n) is 5.28. The number of amides is 1. The summed E-state index contributed by atoms with van der Waals surface area (Å²) in [6.07, 6.45) is 1.51. The molecule has 0 aliphatic carbocycles. The van der Waals surface area contributed by atoms with Crippen LogP contribution in [0.15, 0.2) is 46.1 Å². The molecular weight excluding hydrogens is 358 g/mol. The van der Waals surface area contributed by atoms with Crippen molar-refractivity contribution in [3.8, 4) is 10.6 Å². The molecule has 0 aliphatic rings. The van der Waals surface area contributed by atoms with E-state index in [1.54, 1.807) is 17.4 Å². The third kappa shape index (κ3) is 3.11. The molecule has 0 spiro atoms. The summed E-state index contributed by atoms with van der Waals surface area (Å²) in [5.74, 6) is -0.280. The smallest absolute Gasteiger partial charge is 0.271 e. The van der Waals surface area contributed by atoms with Gasteiger partial charge in [0.15, 0.2) is 5.69 Å². The summed E-state index contributed by atoms with van der Waals surface area (Å²) in [5, 5.41) is 13.5. The summed E-state index contributed by atoms with van der Waals surface area (Å²) < 4.78 is 2.13. The zero-order chi connectivity index (χ0) is 17.2. The number of aromatic nitrogens is 4. The number of H-pyrrole nitrogens is 1. The minimum atomic E-state index is -0.280. The lowest BCUT2D eigenvalue weighted by Gasteiger charge is -2.06. The first-order valence-corrected chi connectivity index (χ1v) is 9.28. The van der Waals surface area contributed by atoms with E-state index in [0.717, 1.165) is 10.6 Å². The summed E-state index contributed by atoms with van der Waals surface area (Å²) in [6.45, 7) is 0.673. The van der Waals surface area contributed by atoms with Gasteiger partial charge in [0.2, 0.25) is 0 Å². The fraction of sp³-hybridized carbons (Fsp3) is 0.125. The largest absolute Gasteiger partial charge is 0.349 e. The molecule has 4 aromatic rings. The molecule has 0 fully saturated rings. The Morgan fingerprint density at radius 1 is 1.28 bits per heavy atom. The SMILES string of the molecule is O=C(NCCn1cnc2ccsc2c1=O)c1cc(-c2cccs2)[nH]n1. The van der Waals surface area contributed by atoms with Gasteiger partial charge in [-0.05, 0) is 29.0 Å². The molecule has 2 N–H and O–H groups in total. The Balaban J connectivity index is 1.40. The molecule has 4 heterocycles. The molecule has 126 valence electrons. The van der Waals surface area contributed by atoms with Crippen molar-refractivity contribution in [3.05, 3.63) is 57.4 Å². The van der Waals surface area contributed by atoms with E-state index in [-0.39, 0.29) is 11.5 Å². The summed E-state index contributed by atoms with van der Waals surface area (Å²) in [4.78, 5) is 29.7. The van der Waals surface area contributed by atoms with Crippen LogP contribution in [0.25, 0.3) is 20.8 Å². The predicted octanol–water partition coefficient (Wildman–Crippen LogP) is 2.34. The molecule has 25 heavy (non-hydrogen) atoms. The zero-order valence-corrected chi connectivity index (χ0v) is 14.6. The highest BCUT2D eigenvalue weighted by Crippen LogP contribution is 2.22. The summed E-state index contributed by atoms with van der Waals surface area (Å²) in [7, 11) is 0. The maximum atomic E-state index is 12.3. The Labute approximate surface area is 150 Å². The number of nitrogens with one attached hydrogen (secondary N) is 2. The molecule has 0 aliphatic heterocycles. The van der Waals surface area contributed by atoms with Crippen molar-refractivity contribution in [3.63, 3.8) is 0 Å². The molecule has 0 saturated heterocycles. The van der Waals surface area contributed by atoms with E-state index in [0.29, 0.717) is 29.0 Å². The second-order valence-corrected chi connectivity index (χ2v) is 7.14. The van der Waals surface area contributed by atoms with Gasteiger partial charge in [0.25, 0.3) is 11.5 Å². The van der Waals surface area contributed by atoms with E-state index >= 15 is 0 Å².